The smallest absolute Gasteiger partial charge is 0.395 e. The molecule has 0 spiro atoms. The molecular weight excluding hydrogens is 355 g/mol. The van der Waals surface area contributed by atoms with E-state index in [-0.39, 0.29) is 11.4 Å². The number of aliphatic hydroxyl groups excluding tert-OH is 1. The lowest BCUT2D eigenvalue weighted by atomic mass is 10.1. The minimum Gasteiger partial charge on any atom is -0.395 e. The number of benzene rings is 1. The van der Waals surface area contributed by atoms with E-state index in [1.165, 1.54) is 6.21 Å². The Kier molecular flexibility index (Phi) is 5.96. The minimum atomic E-state index is -4.66. The molecule has 2 rings (SSSR count). The summed E-state index contributed by atoms with van der Waals surface area (Å²) in [6.45, 7) is 5.07. The molecule has 0 amide bonds. The second kappa shape index (κ2) is 7.79. The summed E-state index contributed by atoms with van der Waals surface area (Å²) in [6.07, 6.45) is -3.35. The number of alkyl halides is 3. The van der Waals surface area contributed by atoms with Gasteiger partial charge < -0.3 is 10.0 Å². The van der Waals surface area contributed by atoms with Crippen LogP contribution in [0.15, 0.2) is 23.3 Å². The quantitative estimate of drug-likeness (QED) is 0.603. The summed E-state index contributed by atoms with van der Waals surface area (Å²) in [6, 6.07) is 5.47. The van der Waals surface area contributed by atoms with Crippen LogP contribution in [0.25, 0.3) is 0 Å². The number of halogens is 3. The second-order valence-electron chi connectivity index (χ2n) is 5.25. The molecule has 2 N–H and O–H groups in total. The molecule has 0 fully saturated rings. The van der Waals surface area contributed by atoms with Gasteiger partial charge in [-0.1, -0.05) is 6.07 Å². The molecule has 0 unspecified atom stereocenters. The van der Waals surface area contributed by atoms with E-state index in [2.05, 4.69) is 15.3 Å². The Labute approximate surface area is 147 Å². The summed E-state index contributed by atoms with van der Waals surface area (Å²) in [7, 11) is 0. The lowest BCUT2D eigenvalue weighted by molar-refractivity contribution is -0.147. The molecule has 0 atom stereocenters. The molecule has 0 bridgehead atoms. The van der Waals surface area contributed by atoms with Crippen LogP contribution < -0.4 is 4.90 Å². The molecule has 6 nitrogen and oxygen atoms in total. The highest BCUT2D eigenvalue weighted by molar-refractivity contribution is 7.71. The topological polar surface area (TPSA) is 69.4 Å². The van der Waals surface area contributed by atoms with E-state index in [4.69, 9.17) is 17.3 Å². The van der Waals surface area contributed by atoms with Gasteiger partial charge in [0.15, 0.2) is 0 Å². The summed E-state index contributed by atoms with van der Waals surface area (Å²) in [4.78, 5) is 1.99. The van der Waals surface area contributed by atoms with Crippen molar-refractivity contribution in [3.8, 4) is 0 Å². The van der Waals surface area contributed by atoms with Gasteiger partial charge in [0.05, 0.1) is 12.8 Å². The third kappa shape index (κ3) is 4.45. The normalized spacial score (nSPS) is 12.1. The molecule has 0 aliphatic heterocycles. The van der Waals surface area contributed by atoms with E-state index in [0.717, 1.165) is 17.8 Å². The predicted octanol–water partition coefficient (Wildman–Crippen LogP) is 2.97. The fourth-order valence-electron chi connectivity index (χ4n) is 2.29. The molecule has 0 saturated heterocycles. The van der Waals surface area contributed by atoms with Crippen LogP contribution in [0.4, 0.5) is 18.9 Å². The lowest BCUT2D eigenvalue weighted by Crippen LogP contribution is -2.26. The van der Waals surface area contributed by atoms with E-state index < -0.39 is 12.0 Å². The van der Waals surface area contributed by atoms with Crippen LogP contribution in [0, 0.1) is 11.7 Å². The highest BCUT2D eigenvalue weighted by Crippen LogP contribution is 2.27. The van der Waals surface area contributed by atoms with E-state index in [1.54, 1.807) is 6.07 Å². The zero-order valence-corrected chi connectivity index (χ0v) is 14.5. The number of nitrogens with one attached hydrogen (secondary N) is 1. The first kappa shape index (κ1) is 19.1. The first-order valence-corrected chi connectivity index (χ1v) is 7.94. The summed E-state index contributed by atoms with van der Waals surface area (Å²) in [5.74, 6) is -1.21. The highest BCUT2D eigenvalue weighted by atomic mass is 32.1. The van der Waals surface area contributed by atoms with Gasteiger partial charge in [-0.15, -0.1) is 5.10 Å². The van der Waals surface area contributed by atoms with Gasteiger partial charge in [0, 0.05) is 18.8 Å². The first-order valence-electron chi connectivity index (χ1n) is 7.53. The number of nitrogens with zero attached hydrogens (tertiary/aromatic N) is 4. The molecule has 0 aliphatic carbocycles. The molecule has 1 heterocycles. The van der Waals surface area contributed by atoms with E-state index in [9.17, 15) is 13.2 Å². The van der Waals surface area contributed by atoms with Crippen LogP contribution in [-0.4, -0.2) is 45.9 Å². The van der Waals surface area contributed by atoms with Gasteiger partial charge in [-0.05, 0) is 49.3 Å². The zero-order valence-electron chi connectivity index (χ0n) is 13.7. The van der Waals surface area contributed by atoms with Gasteiger partial charge in [0.1, 0.15) is 0 Å². The Morgan fingerprint density at radius 1 is 1.44 bits per heavy atom. The van der Waals surface area contributed by atoms with Gasteiger partial charge in [-0.3, -0.25) is 0 Å². The summed E-state index contributed by atoms with van der Waals surface area (Å²) >= 11 is 4.79. The molecule has 25 heavy (non-hydrogen) atoms. The van der Waals surface area contributed by atoms with Crippen molar-refractivity contribution in [2.45, 2.75) is 20.0 Å². The van der Waals surface area contributed by atoms with Crippen molar-refractivity contribution in [3.05, 3.63) is 39.9 Å². The van der Waals surface area contributed by atoms with Gasteiger partial charge in [0.2, 0.25) is 4.77 Å². The number of aromatic amines is 1. The van der Waals surface area contributed by atoms with Gasteiger partial charge >= 0.3 is 6.18 Å². The third-order valence-corrected chi connectivity index (χ3v) is 3.85. The van der Waals surface area contributed by atoms with Gasteiger partial charge in [-0.25, -0.2) is 5.10 Å². The molecule has 0 aliphatic rings. The maximum atomic E-state index is 12.9. The Balaban J connectivity index is 2.31. The van der Waals surface area contributed by atoms with Crippen LogP contribution in [0.3, 0.4) is 0 Å². The molecule has 1 aromatic heterocycles. The van der Waals surface area contributed by atoms with Crippen LogP contribution >= 0.6 is 12.2 Å². The van der Waals surface area contributed by atoms with Crippen molar-refractivity contribution in [1.29, 1.82) is 0 Å². The molecule has 1 aromatic carbocycles. The first-order chi connectivity index (χ1) is 11.8. The van der Waals surface area contributed by atoms with E-state index in [1.807, 2.05) is 30.9 Å². The van der Waals surface area contributed by atoms with Crippen molar-refractivity contribution in [2.24, 2.45) is 5.10 Å². The number of aliphatic hydroxyl groups is 1. The van der Waals surface area contributed by atoms with Crippen LogP contribution in [0.5, 0.6) is 0 Å². The van der Waals surface area contributed by atoms with Crippen LogP contribution in [-0.2, 0) is 6.18 Å². The van der Waals surface area contributed by atoms with Crippen molar-refractivity contribution >= 4 is 24.1 Å². The summed E-state index contributed by atoms with van der Waals surface area (Å²) in [5.41, 5.74) is 2.41. The second-order valence-corrected chi connectivity index (χ2v) is 5.64. The molecular formula is C15H18F3N5OS. The Morgan fingerprint density at radius 2 is 2.16 bits per heavy atom. The SMILES string of the molecule is CCN(CCO)c1ccc(/C=N\n2c(C(F)(F)F)n[nH]c2=S)c(C)c1. The van der Waals surface area contributed by atoms with Crippen molar-refractivity contribution < 1.29 is 18.3 Å². The highest BCUT2D eigenvalue weighted by Gasteiger charge is 2.37. The van der Waals surface area contributed by atoms with Crippen LogP contribution in [0.1, 0.15) is 23.9 Å². The number of aromatic nitrogens is 3. The zero-order chi connectivity index (χ0) is 18.6. The average Bonchev–Trinajstić information content (AvgIpc) is 2.92. The fraction of sp³-hybridized carbons (Fsp3) is 0.400. The van der Waals surface area contributed by atoms with Crippen molar-refractivity contribution in [3.63, 3.8) is 0 Å². The van der Waals surface area contributed by atoms with Crippen molar-refractivity contribution in [1.82, 2.24) is 14.9 Å². The van der Waals surface area contributed by atoms with Gasteiger partial charge in [0.25, 0.3) is 5.82 Å². The molecule has 136 valence electrons. The monoisotopic (exact) mass is 373 g/mol. The molecule has 2 aromatic rings. The standard InChI is InChI=1S/C15H18F3N5OS/c1-3-22(6-7-24)12-5-4-11(10(2)8-12)9-19-23-13(15(16,17)18)20-21-14(23)25/h4-5,8-9,24H,3,6-7H2,1-2H3,(H,21,25)/b19-9-. The predicted molar refractivity (Wildman–Crippen MR) is 91.6 cm³/mol. The molecule has 10 heteroatoms. The number of anilines is 1. The minimum absolute atomic E-state index is 0.0368. The maximum absolute atomic E-state index is 12.9. The number of hydrogen-bond donors (Lipinski definition) is 2. The molecule has 0 saturated carbocycles. The van der Waals surface area contributed by atoms with Gasteiger partial charge in [-0.2, -0.15) is 22.9 Å². The summed E-state index contributed by atoms with van der Waals surface area (Å²) < 4.78 is 38.9. The Hall–Kier alpha value is -2.20. The van der Waals surface area contributed by atoms with Crippen molar-refractivity contribution in [2.75, 3.05) is 24.6 Å². The summed E-state index contributed by atoms with van der Waals surface area (Å²) in [5, 5.41) is 18.2. The molecule has 0 radical (unpaired) electrons. The van der Waals surface area contributed by atoms with E-state index >= 15 is 0 Å². The van der Waals surface area contributed by atoms with Crippen LogP contribution in [0.2, 0.25) is 0 Å². The number of aryl methyl sites for hydroxylation is 1. The van der Waals surface area contributed by atoms with E-state index in [0.29, 0.717) is 16.8 Å². The fourth-order valence-corrected chi connectivity index (χ4v) is 2.47. The maximum Gasteiger partial charge on any atom is 0.453 e. The lowest BCUT2D eigenvalue weighted by Gasteiger charge is -2.22. The largest absolute Gasteiger partial charge is 0.453 e. The Bertz CT molecular complexity index is 812. The Morgan fingerprint density at radius 3 is 2.72 bits per heavy atom. The number of rotatable bonds is 6. The average molecular weight is 373 g/mol. The number of hydrogen-bond acceptors (Lipinski definition) is 5. The number of likely N-dealkylation sites (N-methyl/N-ethyl adjacent to an activating group) is 1. The third-order valence-electron chi connectivity index (χ3n) is 3.59. The number of H-pyrrole nitrogens is 1.